The molecule has 216 valence electrons. The van der Waals surface area contributed by atoms with Gasteiger partial charge in [-0.05, 0) is 18.4 Å². The summed E-state index contributed by atoms with van der Waals surface area (Å²) in [5.74, 6) is -1.60. The van der Waals surface area contributed by atoms with Gasteiger partial charge in [0.25, 0.3) is 0 Å². The van der Waals surface area contributed by atoms with Crippen molar-refractivity contribution in [1.29, 1.82) is 0 Å². The van der Waals surface area contributed by atoms with E-state index in [4.69, 9.17) is 0 Å². The van der Waals surface area contributed by atoms with E-state index in [-0.39, 0.29) is 5.91 Å². The molecule has 6 nitrogen and oxygen atoms in total. The Labute approximate surface area is 231 Å². The lowest BCUT2D eigenvalue weighted by atomic mass is 10.0. The van der Waals surface area contributed by atoms with Gasteiger partial charge in [-0.25, -0.2) is 4.79 Å². The summed E-state index contributed by atoms with van der Waals surface area (Å²) in [6, 6.07) is 7.80. The van der Waals surface area contributed by atoms with Gasteiger partial charge in [0.05, 0.1) is 0 Å². The van der Waals surface area contributed by atoms with Gasteiger partial charge in [-0.1, -0.05) is 140 Å². The van der Waals surface area contributed by atoms with Crippen molar-refractivity contribution in [2.75, 3.05) is 0 Å². The predicted molar refractivity (Wildman–Crippen MR) is 156 cm³/mol. The zero-order valence-electron chi connectivity index (χ0n) is 24.1. The minimum Gasteiger partial charge on any atom is -0.480 e. The molecule has 38 heavy (non-hydrogen) atoms. The molecule has 0 aliphatic heterocycles. The first-order valence-corrected chi connectivity index (χ1v) is 15.3. The van der Waals surface area contributed by atoms with E-state index in [0.717, 1.165) is 44.1 Å². The molecule has 2 atom stereocenters. The number of hydrogen-bond donors (Lipinski definition) is 3. The van der Waals surface area contributed by atoms with Crippen LogP contribution in [0, 0.1) is 0 Å². The molecular formula is C32H54N2O4. The van der Waals surface area contributed by atoms with Gasteiger partial charge in [-0.2, -0.15) is 0 Å². The molecule has 1 unspecified atom stereocenters. The fourth-order valence-electron chi connectivity index (χ4n) is 4.76. The summed E-state index contributed by atoms with van der Waals surface area (Å²) in [6.07, 6.45) is 19.3. The van der Waals surface area contributed by atoms with Crippen LogP contribution in [0.2, 0.25) is 0 Å². The highest BCUT2D eigenvalue weighted by Gasteiger charge is 2.26. The second-order valence-electron chi connectivity index (χ2n) is 10.7. The minimum absolute atomic E-state index is 0.150. The zero-order chi connectivity index (χ0) is 27.8. The Morgan fingerprint density at radius 3 is 1.68 bits per heavy atom. The number of carbonyl (C=O) groups excluding carboxylic acids is 2. The van der Waals surface area contributed by atoms with Gasteiger partial charge in [0.15, 0.2) is 0 Å². The topological polar surface area (TPSA) is 95.5 Å². The van der Waals surface area contributed by atoms with E-state index in [0.29, 0.717) is 19.3 Å². The number of rotatable bonds is 24. The fourth-order valence-corrected chi connectivity index (χ4v) is 4.76. The lowest BCUT2D eigenvalue weighted by Crippen LogP contribution is -2.52. The van der Waals surface area contributed by atoms with E-state index in [2.05, 4.69) is 24.5 Å². The molecular weight excluding hydrogens is 476 g/mol. The molecule has 0 heterocycles. The van der Waals surface area contributed by atoms with Crippen molar-refractivity contribution in [3.63, 3.8) is 0 Å². The summed E-state index contributed by atoms with van der Waals surface area (Å²) in [7, 11) is 0. The molecule has 0 spiro atoms. The lowest BCUT2D eigenvalue weighted by Gasteiger charge is -2.22. The first kappa shape index (κ1) is 33.7. The molecule has 0 fully saturated rings. The Morgan fingerprint density at radius 1 is 0.658 bits per heavy atom. The van der Waals surface area contributed by atoms with Gasteiger partial charge in [0.2, 0.25) is 11.8 Å². The van der Waals surface area contributed by atoms with Crippen molar-refractivity contribution in [2.45, 2.75) is 148 Å². The van der Waals surface area contributed by atoms with Crippen LogP contribution in [-0.2, 0) is 20.8 Å². The number of unbranched alkanes of at least 4 members (excludes halogenated alkanes) is 14. The van der Waals surface area contributed by atoms with E-state index in [1.54, 1.807) is 0 Å². The Morgan fingerprint density at radius 2 is 1.16 bits per heavy atom. The Balaban J connectivity index is 2.53. The average molecular weight is 531 g/mol. The second-order valence-corrected chi connectivity index (χ2v) is 10.7. The molecule has 2 amide bonds. The third kappa shape index (κ3) is 17.2. The van der Waals surface area contributed by atoms with Crippen molar-refractivity contribution in [1.82, 2.24) is 10.6 Å². The standard InChI is InChI=1S/C32H54N2O4/c1-3-5-7-9-11-12-14-16-21-25-30(35)33-29(26-27-22-18-17-19-23-27)31(36)34-28(32(37)38)24-20-15-13-10-8-6-4-2/h17-19,22-23,28-29H,3-16,20-21,24-26H2,1-2H3,(H,33,35)(H,34,36)(H,37,38)/t28?,29-/m0/s1. The molecule has 0 aliphatic carbocycles. The van der Waals surface area contributed by atoms with E-state index >= 15 is 0 Å². The molecule has 0 aromatic heterocycles. The van der Waals surface area contributed by atoms with Crippen LogP contribution >= 0.6 is 0 Å². The van der Waals surface area contributed by atoms with Crippen LogP contribution in [0.15, 0.2) is 30.3 Å². The molecule has 0 aliphatic rings. The van der Waals surface area contributed by atoms with Crippen LogP contribution in [0.25, 0.3) is 0 Å². The summed E-state index contributed by atoms with van der Waals surface area (Å²) < 4.78 is 0. The quantitative estimate of drug-likeness (QED) is 0.122. The summed E-state index contributed by atoms with van der Waals surface area (Å²) in [5.41, 5.74) is 0.926. The maximum Gasteiger partial charge on any atom is 0.326 e. The molecule has 0 saturated carbocycles. The van der Waals surface area contributed by atoms with Gasteiger partial charge in [0, 0.05) is 12.8 Å². The largest absolute Gasteiger partial charge is 0.480 e. The van der Waals surface area contributed by atoms with E-state index in [9.17, 15) is 19.5 Å². The van der Waals surface area contributed by atoms with Crippen LogP contribution in [-0.4, -0.2) is 35.0 Å². The zero-order valence-corrected chi connectivity index (χ0v) is 24.1. The summed E-state index contributed by atoms with van der Waals surface area (Å²) in [5, 5.41) is 15.3. The van der Waals surface area contributed by atoms with E-state index in [1.807, 2.05) is 30.3 Å². The first-order valence-electron chi connectivity index (χ1n) is 15.3. The highest BCUT2D eigenvalue weighted by atomic mass is 16.4. The van der Waals surface area contributed by atoms with Gasteiger partial charge < -0.3 is 15.7 Å². The normalized spacial score (nSPS) is 12.6. The monoisotopic (exact) mass is 530 g/mol. The third-order valence-electron chi connectivity index (χ3n) is 7.15. The number of amides is 2. The Kier molecular flexibility index (Phi) is 20.0. The van der Waals surface area contributed by atoms with Crippen molar-refractivity contribution in [3.05, 3.63) is 35.9 Å². The van der Waals surface area contributed by atoms with Crippen molar-refractivity contribution in [3.8, 4) is 0 Å². The summed E-state index contributed by atoms with van der Waals surface area (Å²) >= 11 is 0. The van der Waals surface area contributed by atoms with Crippen LogP contribution in [0.3, 0.4) is 0 Å². The van der Waals surface area contributed by atoms with Gasteiger partial charge in [-0.15, -0.1) is 0 Å². The molecule has 1 aromatic rings. The van der Waals surface area contributed by atoms with Gasteiger partial charge in [-0.3, -0.25) is 9.59 Å². The maximum absolute atomic E-state index is 13.1. The van der Waals surface area contributed by atoms with Crippen LogP contribution in [0.5, 0.6) is 0 Å². The number of nitrogens with one attached hydrogen (secondary N) is 2. The second kappa shape index (κ2) is 22.6. The van der Waals surface area contributed by atoms with Crippen molar-refractivity contribution in [2.24, 2.45) is 0 Å². The van der Waals surface area contributed by atoms with E-state index in [1.165, 1.54) is 64.2 Å². The smallest absolute Gasteiger partial charge is 0.326 e. The summed E-state index contributed by atoms with van der Waals surface area (Å²) in [6.45, 7) is 4.41. The fraction of sp³-hybridized carbons (Fsp3) is 0.719. The lowest BCUT2D eigenvalue weighted by molar-refractivity contribution is -0.142. The highest BCUT2D eigenvalue weighted by molar-refractivity contribution is 5.90. The Bertz CT molecular complexity index is 753. The third-order valence-corrected chi connectivity index (χ3v) is 7.15. The molecule has 0 bridgehead atoms. The Hall–Kier alpha value is -2.37. The summed E-state index contributed by atoms with van der Waals surface area (Å²) in [4.78, 5) is 37.7. The van der Waals surface area contributed by atoms with Crippen LogP contribution in [0.4, 0.5) is 0 Å². The maximum atomic E-state index is 13.1. The molecule has 1 rings (SSSR count). The first-order chi connectivity index (χ1) is 18.5. The van der Waals surface area contributed by atoms with Gasteiger partial charge in [0.1, 0.15) is 12.1 Å². The number of carbonyl (C=O) groups is 3. The van der Waals surface area contributed by atoms with Gasteiger partial charge >= 0.3 is 5.97 Å². The van der Waals surface area contributed by atoms with E-state index < -0.39 is 24.0 Å². The van der Waals surface area contributed by atoms with Crippen molar-refractivity contribution < 1.29 is 19.5 Å². The molecule has 0 saturated heterocycles. The molecule has 3 N–H and O–H groups in total. The average Bonchev–Trinajstić information content (AvgIpc) is 2.91. The molecule has 0 radical (unpaired) electrons. The SMILES string of the molecule is CCCCCCCCCCCC(=O)N[C@@H](Cc1ccccc1)C(=O)NC(CCCCCCCCC)C(=O)O. The minimum atomic E-state index is -1.02. The van der Waals surface area contributed by atoms with Crippen molar-refractivity contribution >= 4 is 17.8 Å². The van der Waals surface area contributed by atoms with Crippen LogP contribution < -0.4 is 10.6 Å². The number of hydrogen-bond acceptors (Lipinski definition) is 3. The number of carboxylic acid groups (broad SMARTS) is 1. The predicted octanol–water partition coefficient (Wildman–Crippen LogP) is 7.34. The number of benzene rings is 1. The number of aliphatic carboxylic acids is 1. The molecule has 6 heteroatoms. The highest BCUT2D eigenvalue weighted by Crippen LogP contribution is 2.12. The number of carboxylic acids is 1. The van der Waals surface area contributed by atoms with Crippen LogP contribution in [0.1, 0.15) is 135 Å². The molecule has 1 aromatic carbocycles.